The van der Waals surface area contributed by atoms with E-state index >= 15 is 0 Å². The van der Waals surface area contributed by atoms with Crippen molar-refractivity contribution in [2.75, 3.05) is 32.3 Å². The van der Waals surface area contributed by atoms with Gasteiger partial charge in [0, 0.05) is 24.7 Å². The molecule has 36 heavy (non-hydrogen) atoms. The number of nitrogen functional groups attached to an aromatic ring is 1. The lowest BCUT2D eigenvalue weighted by Crippen LogP contribution is -2.37. The normalized spacial score (nSPS) is 21.1. The lowest BCUT2D eigenvalue weighted by molar-refractivity contribution is -0.163. The Morgan fingerprint density at radius 3 is 2.67 bits per heavy atom. The van der Waals surface area contributed by atoms with Crippen LogP contribution < -0.4 is 16.7 Å². The van der Waals surface area contributed by atoms with Crippen LogP contribution in [0, 0.1) is 0 Å². The summed E-state index contributed by atoms with van der Waals surface area (Å²) >= 11 is 0. The summed E-state index contributed by atoms with van der Waals surface area (Å²) < 4.78 is 64.5. The number of hydrogen-bond acceptors (Lipinski definition) is 12. The number of halogens is 2. The molecule has 1 aromatic rings. The van der Waals surface area contributed by atoms with E-state index in [2.05, 4.69) is 24.1 Å². The first-order valence-electron chi connectivity index (χ1n) is 10.6. The first kappa shape index (κ1) is 29.7. The third-order valence-corrected chi connectivity index (χ3v) is 5.39. The van der Waals surface area contributed by atoms with Crippen LogP contribution in [0.5, 0.6) is 0 Å². The average molecular weight is 542 g/mol. The predicted molar refractivity (Wildman–Crippen MR) is 118 cm³/mol. The van der Waals surface area contributed by atoms with Gasteiger partial charge in [-0.05, 0) is 26.8 Å². The van der Waals surface area contributed by atoms with Gasteiger partial charge >= 0.3 is 25.5 Å². The van der Waals surface area contributed by atoms with Gasteiger partial charge in [-0.2, -0.15) is 4.98 Å². The Balaban J connectivity index is 1.71. The molecule has 1 unspecified atom stereocenters. The maximum absolute atomic E-state index is 14.3. The topological polar surface area (TPSA) is 191 Å². The number of esters is 2. The van der Waals surface area contributed by atoms with Crippen molar-refractivity contribution in [1.82, 2.24) is 14.9 Å². The van der Waals surface area contributed by atoms with Crippen LogP contribution >= 0.6 is 7.82 Å². The Bertz CT molecular complexity index is 1030. The van der Waals surface area contributed by atoms with E-state index in [-0.39, 0.29) is 17.8 Å². The van der Waals surface area contributed by atoms with Crippen LogP contribution in [-0.2, 0) is 37.4 Å². The molecule has 1 saturated heterocycles. The van der Waals surface area contributed by atoms with Gasteiger partial charge in [0.1, 0.15) is 5.82 Å². The van der Waals surface area contributed by atoms with Gasteiger partial charge in [0.05, 0.1) is 19.1 Å². The first-order chi connectivity index (χ1) is 16.6. The highest BCUT2D eigenvalue weighted by atomic mass is 31.2. The van der Waals surface area contributed by atoms with Crippen LogP contribution in [0.25, 0.3) is 0 Å². The van der Waals surface area contributed by atoms with Crippen molar-refractivity contribution in [2.24, 2.45) is 0 Å². The molecule has 0 amide bonds. The fourth-order valence-corrected chi connectivity index (χ4v) is 3.49. The highest BCUT2D eigenvalue weighted by molar-refractivity contribution is 7.47. The fourth-order valence-electron chi connectivity index (χ4n) is 2.87. The van der Waals surface area contributed by atoms with Crippen LogP contribution in [0.15, 0.2) is 17.1 Å². The molecule has 1 aliphatic rings. The Hall–Kier alpha value is -2.49. The van der Waals surface area contributed by atoms with E-state index in [1.807, 2.05) is 20.8 Å². The minimum absolute atomic E-state index is 0.00729. The van der Waals surface area contributed by atoms with Gasteiger partial charge in [-0.1, -0.05) is 0 Å². The SMILES string of the molecule is CC(C)(C)NCCC(=O)OCC(=O)OCOP(=O)(O)OC[C@@H]1CC(F)(F)[C@H](n2ccc(N)nc2=O)O1. The van der Waals surface area contributed by atoms with E-state index in [1.54, 1.807) is 0 Å². The molecule has 0 radical (unpaired) electrons. The van der Waals surface area contributed by atoms with E-state index in [4.69, 9.17) is 15.2 Å². The molecule has 0 aromatic carbocycles. The standard InChI is InChI=1S/C19H29F2N4O10P/c1-18(2,3)23-6-4-14(26)31-10-15(27)32-11-34-36(29,30)33-9-12-8-19(20,21)16(35-12)25-7-5-13(22)24-17(25)28/h5,7,12,16,23H,4,6,8-11H2,1-3H3,(H,29,30)(H2,22,24,28)/t12-,16+/m0/s1. The number of phosphoric ester groups is 1. The molecule has 204 valence electrons. The van der Waals surface area contributed by atoms with E-state index in [1.165, 1.54) is 0 Å². The number of aromatic nitrogens is 2. The van der Waals surface area contributed by atoms with Crippen LogP contribution in [0.4, 0.5) is 14.6 Å². The number of carbonyl (C=O) groups excluding carboxylic acids is 2. The van der Waals surface area contributed by atoms with Crippen LogP contribution in [0.2, 0.25) is 0 Å². The number of hydrogen-bond donors (Lipinski definition) is 3. The molecule has 0 aliphatic carbocycles. The minimum Gasteiger partial charge on any atom is -0.454 e. The molecule has 1 fully saturated rings. The second kappa shape index (κ2) is 12.2. The molecule has 14 nitrogen and oxygen atoms in total. The van der Waals surface area contributed by atoms with Gasteiger partial charge in [-0.3, -0.25) is 13.9 Å². The number of carbonyl (C=O) groups is 2. The first-order valence-corrected chi connectivity index (χ1v) is 12.1. The molecule has 3 atom stereocenters. The number of rotatable bonds is 12. The maximum atomic E-state index is 14.3. The summed E-state index contributed by atoms with van der Waals surface area (Å²) in [6.07, 6.45) is -3.35. The zero-order chi connectivity index (χ0) is 27.1. The number of nitrogens with zero attached hydrogens (tertiary/aromatic N) is 2. The van der Waals surface area contributed by atoms with Crippen molar-refractivity contribution in [3.8, 4) is 0 Å². The lowest BCUT2D eigenvalue weighted by Gasteiger charge is -2.20. The third kappa shape index (κ3) is 9.87. The molecule has 2 rings (SSSR count). The number of ether oxygens (including phenoxy) is 3. The largest absolute Gasteiger partial charge is 0.475 e. The Labute approximate surface area is 204 Å². The number of alkyl halides is 2. The number of anilines is 1. The maximum Gasteiger partial charge on any atom is 0.475 e. The number of phosphoric acid groups is 1. The van der Waals surface area contributed by atoms with E-state index in [9.17, 15) is 32.6 Å². The molecule has 0 spiro atoms. The van der Waals surface area contributed by atoms with E-state index < -0.39 is 70.1 Å². The summed E-state index contributed by atoms with van der Waals surface area (Å²) in [5.74, 6) is -5.41. The van der Waals surface area contributed by atoms with Crippen molar-refractivity contribution >= 4 is 25.6 Å². The van der Waals surface area contributed by atoms with Gasteiger partial charge in [-0.25, -0.2) is 27.5 Å². The number of nitrogens with one attached hydrogen (secondary N) is 1. The smallest absolute Gasteiger partial charge is 0.454 e. The van der Waals surface area contributed by atoms with Crippen LogP contribution in [-0.4, -0.2) is 70.5 Å². The van der Waals surface area contributed by atoms with Crippen molar-refractivity contribution in [1.29, 1.82) is 0 Å². The number of nitrogens with two attached hydrogens (primary N) is 1. The van der Waals surface area contributed by atoms with E-state index in [0.29, 0.717) is 11.1 Å². The monoisotopic (exact) mass is 542 g/mol. The summed E-state index contributed by atoms with van der Waals surface area (Å²) in [7, 11) is -4.84. The zero-order valence-corrected chi connectivity index (χ0v) is 20.7. The van der Waals surface area contributed by atoms with Gasteiger partial charge < -0.3 is 30.2 Å². The van der Waals surface area contributed by atoms with Crippen molar-refractivity contribution in [3.63, 3.8) is 0 Å². The van der Waals surface area contributed by atoms with Gasteiger partial charge in [0.2, 0.25) is 13.0 Å². The molecule has 2 heterocycles. The Kier molecular flexibility index (Phi) is 10.0. The second-order valence-corrected chi connectivity index (χ2v) is 10.2. The van der Waals surface area contributed by atoms with Gasteiger partial charge in [0.25, 0.3) is 5.92 Å². The molecular weight excluding hydrogens is 513 g/mol. The summed E-state index contributed by atoms with van der Waals surface area (Å²) in [4.78, 5) is 48.0. The molecule has 0 bridgehead atoms. The summed E-state index contributed by atoms with van der Waals surface area (Å²) in [5, 5.41) is 3.06. The molecule has 1 aliphatic heterocycles. The molecule has 17 heteroatoms. The second-order valence-electron chi connectivity index (χ2n) is 8.73. The zero-order valence-electron chi connectivity index (χ0n) is 19.8. The molecular formula is C19H29F2N4O10P. The Morgan fingerprint density at radius 1 is 1.33 bits per heavy atom. The van der Waals surface area contributed by atoms with Crippen LogP contribution in [0.3, 0.4) is 0 Å². The molecule has 4 N–H and O–H groups in total. The van der Waals surface area contributed by atoms with Crippen molar-refractivity contribution in [3.05, 3.63) is 22.7 Å². The molecule has 0 saturated carbocycles. The fraction of sp³-hybridized carbons (Fsp3) is 0.684. The lowest BCUT2D eigenvalue weighted by atomic mass is 10.1. The van der Waals surface area contributed by atoms with Gasteiger partial charge in [0.15, 0.2) is 6.61 Å². The van der Waals surface area contributed by atoms with Crippen molar-refractivity contribution < 1.29 is 51.1 Å². The average Bonchev–Trinajstić information content (AvgIpc) is 3.04. The summed E-state index contributed by atoms with van der Waals surface area (Å²) in [5.41, 5.74) is 4.07. The summed E-state index contributed by atoms with van der Waals surface area (Å²) in [6.45, 7) is 3.48. The predicted octanol–water partition coefficient (Wildman–Crippen LogP) is 0.704. The highest BCUT2D eigenvalue weighted by Crippen LogP contribution is 2.46. The quantitative estimate of drug-likeness (QED) is 0.190. The third-order valence-electron chi connectivity index (χ3n) is 4.48. The Morgan fingerprint density at radius 2 is 2.03 bits per heavy atom. The van der Waals surface area contributed by atoms with E-state index in [0.717, 1.165) is 12.3 Å². The highest BCUT2D eigenvalue weighted by Gasteiger charge is 2.52. The van der Waals surface area contributed by atoms with Crippen molar-refractivity contribution in [2.45, 2.75) is 57.4 Å². The molecule has 1 aromatic heterocycles. The van der Waals surface area contributed by atoms with Crippen LogP contribution in [0.1, 0.15) is 39.8 Å². The minimum atomic E-state index is -4.84. The van der Waals surface area contributed by atoms with Gasteiger partial charge in [-0.15, -0.1) is 0 Å². The summed E-state index contributed by atoms with van der Waals surface area (Å²) in [6, 6.07) is 1.13.